The molecule has 0 aliphatic carbocycles. The van der Waals surface area contributed by atoms with Crippen LogP contribution in [0.1, 0.15) is 0 Å². The molecule has 0 fully saturated rings. The Morgan fingerprint density at radius 3 is 2.79 bits per heavy atom. The van der Waals surface area contributed by atoms with Crippen LogP contribution in [0.4, 0.5) is 0 Å². The van der Waals surface area contributed by atoms with Crippen LogP contribution >= 0.6 is 11.6 Å². The molecular weight excluding hydrogens is 326 g/mol. The standard InChI is InChI=1S/C18H18ClN3O2/c1-22(2)9-10-24-16-11-13(7-8-20-16)14-5-3-12-4-6-15(23)21-18(12)17(14)19/h3-8,11H,9-10H2,1-2H3,(H,21,23). The zero-order valence-electron chi connectivity index (χ0n) is 13.5. The molecule has 24 heavy (non-hydrogen) atoms. The van der Waals surface area contributed by atoms with Crippen LogP contribution in [0.15, 0.2) is 47.4 Å². The number of nitrogens with zero attached hydrogens (tertiary/aromatic N) is 2. The molecule has 3 aromatic rings. The second-order valence-corrected chi connectivity index (χ2v) is 6.13. The first kappa shape index (κ1) is 16.5. The van der Waals surface area contributed by atoms with Crippen LogP contribution in [0.2, 0.25) is 5.02 Å². The molecule has 1 aromatic carbocycles. The average molecular weight is 344 g/mol. The van der Waals surface area contributed by atoms with Gasteiger partial charge in [0.05, 0.1) is 10.5 Å². The number of aromatic nitrogens is 2. The molecule has 0 unspecified atom stereocenters. The fraction of sp³-hybridized carbons (Fsp3) is 0.222. The van der Waals surface area contributed by atoms with E-state index in [9.17, 15) is 4.79 Å². The minimum absolute atomic E-state index is 0.177. The first-order chi connectivity index (χ1) is 11.5. The highest BCUT2D eigenvalue weighted by Gasteiger charge is 2.10. The number of H-pyrrole nitrogens is 1. The molecule has 6 heteroatoms. The van der Waals surface area contributed by atoms with E-state index in [0.29, 0.717) is 23.0 Å². The molecule has 0 radical (unpaired) electrons. The number of benzene rings is 1. The van der Waals surface area contributed by atoms with Gasteiger partial charge in [-0.1, -0.05) is 23.7 Å². The number of likely N-dealkylation sites (N-methyl/N-ethyl adjacent to an activating group) is 1. The first-order valence-electron chi connectivity index (χ1n) is 7.60. The van der Waals surface area contributed by atoms with Crippen LogP contribution in [-0.4, -0.2) is 42.1 Å². The molecule has 0 aliphatic heterocycles. The zero-order valence-corrected chi connectivity index (χ0v) is 14.3. The molecule has 5 nitrogen and oxygen atoms in total. The van der Waals surface area contributed by atoms with Gasteiger partial charge in [0.15, 0.2) is 0 Å². The van der Waals surface area contributed by atoms with E-state index < -0.39 is 0 Å². The summed E-state index contributed by atoms with van der Waals surface area (Å²) in [5.41, 5.74) is 2.17. The summed E-state index contributed by atoms with van der Waals surface area (Å²) in [6.45, 7) is 1.37. The van der Waals surface area contributed by atoms with Crippen molar-refractivity contribution in [2.24, 2.45) is 0 Å². The van der Waals surface area contributed by atoms with Crippen molar-refractivity contribution in [3.8, 4) is 17.0 Å². The summed E-state index contributed by atoms with van der Waals surface area (Å²) in [6, 6.07) is 10.8. The molecule has 3 rings (SSSR count). The van der Waals surface area contributed by atoms with Crippen LogP contribution in [-0.2, 0) is 0 Å². The van der Waals surface area contributed by atoms with Crippen molar-refractivity contribution < 1.29 is 4.74 Å². The Morgan fingerprint density at radius 1 is 1.21 bits per heavy atom. The van der Waals surface area contributed by atoms with Crippen LogP contribution < -0.4 is 10.3 Å². The zero-order chi connectivity index (χ0) is 17.1. The van der Waals surface area contributed by atoms with Crippen LogP contribution in [0.3, 0.4) is 0 Å². The van der Waals surface area contributed by atoms with Crippen molar-refractivity contribution in [1.29, 1.82) is 0 Å². The predicted octanol–water partition coefficient (Wildman–Crippen LogP) is 3.18. The number of hydrogen-bond donors (Lipinski definition) is 1. The van der Waals surface area contributed by atoms with E-state index in [1.54, 1.807) is 12.3 Å². The van der Waals surface area contributed by atoms with Gasteiger partial charge in [0, 0.05) is 30.4 Å². The van der Waals surface area contributed by atoms with Crippen molar-refractivity contribution >= 4 is 22.5 Å². The Balaban J connectivity index is 1.95. The number of rotatable bonds is 5. The molecule has 0 amide bonds. The topological polar surface area (TPSA) is 58.2 Å². The van der Waals surface area contributed by atoms with Crippen LogP contribution in [0.25, 0.3) is 22.0 Å². The van der Waals surface area contributed by atoms with Crippen LogP contribution in [0.5, 0.6) is 5.88 Å². The SMILES string of the molecule is CN(C)CCOc1cc(-c2ccc3ccc(=O)[nH]c3c2Cl)ccn1. The maximum atomic E-state index is 11.6. The Morgan fingerprint density at radius 2 is 2.00 bits per heavy atom. The van der Waals surface area contributed by atoms with Crippen molar-refractivity contribution in [2.45, 2.75) is 0 Å². The van der Waals surface area contributed by atoms with Gasteiger partial charge in [-0.05, 0) is 37.2 Å². The quantitative estimate of drug-likeness (QED) is 0.773. The van der Waals surface area contributed by atoms with Gasteiger partial charge in [-0.25, -0.2) is 4.98 Å². The summed E-state index contributed by atoms with van der Waals surface area (Å²) in [5, 5.41) is 1.40. The molecule has 0 saturated carbocycles. The van der Waals surface area contributed by atoms with Gasteiger partial charge in [0.1, 0.15) is 6.61 Å². The summed E-state index contributed by atoms with van der Waals surface area (Å²) in [4.78, 5) is 20.6. The fourth-order valence-electron chi connectivity index (χ4n) is 2.40. The lowest BCUT2D eigenvalue weighted by Crippen LogP contribution is -2.19. The fourth-order valence-corrected chi connectivity index (χ4v) is 2.73. The maximum absolute atomic E-state index is 11.6. The van der Waals surface area contributed by atoms with E-state index in [0.717, 1.165) is 23.1 Å². The number of nitrogens with one attached hydrogen (secondary N) is 1. The summed E-state index contributed by atoms with van der Waals surface area (Å²) >= 11 is 6.51. The molecule has 1 N–H and O–H groups in total. The highest BCUT2D eigenvalue weighted by atomic mass is 35.5. The molecule has 2 heterocycles. The second kappa shape index (κ2) is 7.03. The minimum Gasteiger partial charge on any atom is -0.476 e. The Hall–Kier alpha value is -2.37. The second-order valence-electron chi connectivity index (χ2n) is 5.75. The van der Waals surface area contributed by atoms with Gasteiger partial charge in [-0.15, -0.1) is 0 Å². The van der Waals surface area contributed by atoms with E-state index in [-0.39, 0.29) is 5.56 Å². The molecule has 0 atom stereocenters. The number of fused-ring (bicyclic) bond motifs is 1. The van der Waals surface area contributed by atoms with Gasteiger partial charge in [-0.2, -0.15) is 0 Å². The summed E-state index contributed by atoms with van der Waals surface area (Å²) in [5.74, 6) is 0.548. The van der Waals surface area contributed by atoms with Gasteiger partial charge >= 0.3 is 0 Å². The largest absolute Gasteiger partial charge is 0.476 e. The number of hydrogen-bond acceptors (Lipinski definition) is 4. The Bertz CT molecular complexity index is 922. The van der Waals surface area contributed by atoms with E-state index in [1.807, 2.05) is 43.3 Å². The Labute approximate surface area is 144 Å². The van der Waals surface area contributed by atoms with Gasteiger partial charge < -0.3 is 14.6 Å². The van der Waals surface area contributed by atoms with E-state index in [1.165, 1.54) is 6.07 Å². The average Bonchev–Trinajstić information content (AvgIpc) is 2.56. The third-order valence-corrected chi connectivity index (χ3v) is 4.06. The molecule has 2 aromatic heterocycles. The highest BCUT2D eigenvalue weighted by molar-refractivity contribution is 6.37. The number of ether oxygens (including phenoxy) is 1. The molecular formula is C18H18ClN3O2. The molecule has 0 spiro atoms. The molecule has 0 aliphatic rings. The first-order valence-corrected chi connectivity index (χ1v) is 7.98. The van der Waals surface area contributed by atoms with E-state index in [2.05, 4.69) is 9.97 Å². The predicted molar refractivity (Wildman–Crippen MR) is 96.9 cm³/mol. The molecule has 124 valence electrons. The minimum atomic E-state index is -0.177. The van der Waals surface area contributed by atoms with E-state index in [4.69, 9.17) is 16.3 Å². The number of halogens is 1. The summed E-state index contributed by atoms with van der Waals surface area (Å²) in [7, 11) is 3.98. The third kappa shape index (κ3) is 3.58. The lowest BCUT2D eigenvalue weighted by atomic mass is 10.0. The molecule has 0 bridgehead atoms. The van der Waals surface area contributed by atoms with E-state index >= 15 is 0 Å². The van der Waals surface area contributed by atoms with Crippen molar-refractivity contribution in [2.75, 3.05) is 27.2 Å². The summed E-state index contributed by atoms with van der Waals surface area (Å²) < 4.78 is 5.67. The number of aromatic amines is 1. The lowest BCUT2D eigenvalue weighted by molar-refractivity contribution is 0.254. The van der Waals surface area contributed by atoms with Crippen LogP contribution in [0, 0.1) is 0 Å². The third-order valence-electron chi connectivity index (χ3n) is 3.67. The van der Waals surface area contributed by atoms with Gasteiger partial charge in [0.2, 0.25) is 11.4 Å². The van der Waals surface area contributed by atoms with Gasteiger partial charge in [-0.3, -0.25) is 4.79 Å². The number of pyridine rings is 2. The molecule has 0 saturated heterocycles. The highest BCUT2D eigenvalue weighted by Crippen LogP contribution is 2.33. The summed E-state index contributed by atoms with van der Waals surface area (Å²) in [6.07, 6.45) is 1.69. The smallest absolute Gasteiger partial charge is 0.248 e. The lowest BCUT2D eigenvalue weighted by Gasteiger charge is -2.12. The van der Waals surface area contributed by atoms with Gasteiger partial charge in [0.25, 0.3) is 0 Å². The van der Waals surface area contributed by atoms with Crippen molar-refractivity contribution in [3.63, 3.8) is 0 Å². The monoisotopic (exact) mass is 343 g/mol. The maximum Gasteiger partial charge on any atom is 0.248 e. The normalized spacial score (nSPS) is 11.2. The van der Waals surface area contributed by atoms with Crippen molar-refractivity contribution in [1.82, 2.24) is 14.9 Å². The Kier molecular flexibility index (Phi) is 4.83. The van der Waals surface area contributed by atoms with Crippen molar-refractivity contribution in [3.05, 3.63) is 58.0 Å².